The van der Waals surface area contributed by atoms with E-state index in [1.54, 1.807) is 12.9 Å². The second kappa shape index (κ2) is 11.0. The molecule has 1 amide bonds. The highest BCUT2D eigenvalue weighted by molar-refractivity contribution is 7.32. The zero-order chi connectivity index (χ0) is 24.3. The summed E-state index contributed by atoms with van der Waals surface area (Å²) in [6.07, 6.45) is 0.675. The van der Waals surface area contributed by atoms with Gasteiger partial charge < -0.3 is 18.8 Å². The Labute approximate surface area is 201 Å². The molecule has 0 bridgehead atoms. The largest absolute Gasteiger partial charge is 0.428 e. The average Bonchev–Trinajstić information content (AvgIpc) is 3.37. The van der Waals surface area contributed by atoms with Gasteiger partial charge in [0.1, 0.15) is 14.7 Å². The van der Waals surface area contributed by atoms with Gasteiger partial charge in [0, 0.05) is 19.0 Å². The fourth-order valence-corrected chi connectivity index (χ4v) is 8.99. The lowest BCUT2D eigenvalue weighted by Crippen LogP contribution is -2.65. The van der Waals surface area contributed by atoms with Crippen molar-refractivity contribution in [3.8, 4) is 6.07 Å². The maximum absolute atomic E-state index is 13.4. The van der Waals surface area contributed by atoms with Crippen molar-refractivity contribution in [2.75, 3.05) is 19.6 Å². The van der Waals surface area contributed by atoms with E-state index in [4.69, 9.17) is 8.95 Å². The summed E-state index contributed by atoms with van der Waals surface area (Å²) in [6.45, 7) is 12.8. The summed E-state index contributed by atoms with van der Waals surface area (Å²) in [7, 11) is -0.293. The van der Waals surface area contributed by atoms with Crippen molar-refractivity contribution in [2.24, 2.45) is 17.8 Å². The van der Waals surface area contributed by atoms with Gasteiger partial charge in [0.15, 0.2) is 16.3 Å². The Balaban J connectivity index is 1.84. The SMILES string of the molecule is BNPOC(=O)C1=C(CN2CC[C@H](C#N)C2)[C@H](C)[C@@H]2C([C@@H](C)O[Si](CC)(CC)CC)C(=O)N12. The number of hydrogen-bond acceptors (Lipinski definition) is 7. The number of nitriles is 1. The number of β-lactam (4-membered cyclic amide) rings is 1. The molecule has 0 aliphatic carbocycles. The van der Waals surface area contributed by atoms with Gasteiger partial charge in [-0.25, -0.2) is 4.79 Å². The van der Waals surface area contributed by atoms with E-state index in [1.807, 2.05) is 6.92 Å². The summed E-state index contributed by atoms with van der Waals surface area (Å²) >= 11 is 0. The van der Waals surface area contributed by atoms with E-state index in [1.165, 1.54) is 0 Å². The molecular formula is C22H38BN4O4PSi. The third-order valence-corrected chi connectivity index (χ3v) is 13.2. The summed E-state index contributed by atoms with van der Waals surface area (Å²) in [5.74, 6) is -0.645. The van der Waals surface area contributed by atoms with Crippen molar-refractivity contribution >= 4 is 37.1 Å². The highest BCUT2D eigenvalue weighted by Crippen LogP contribution is 2.49. The van der Waals surface area contributed by atoms with Crippen molar-refractivity contribution in [1.82, 2.24) is 14.8 Å². The van der Waals surface area contributed by atoms with Gasteiger partial charge in [-0.3, -0.25) is 9.69 Å². The number of amides is 1. The number of rotatable bonds is 11. The molecule has 2 fully saturated rings. The summed E-state index contributed by atoms with van der Waals surface area (Å²) in [6, 6.07) is 5.39. The van der Waals surface area contributed by atoms with E-state index in [-0.39, 0.29) is 44.8 Å². The van der Waals surface area contributed by atoms with Gasteiger partial charge in [-0.2, -0.15) is 5.26 Å². The molecule has 2 saturated heterocycles. The first-order valence-electron chi connectivity index (χ1n) is 12.3. The Hall–Kier alpha value is -1.24. The standard InChI is InChI=1S/C22H38BN4O4PSi/c1-6-33(7-2,8-3)31-15(5)18-19-14(4)17(13-26-10-9-16(11-24)12-26)20(27(19)21(18)28)22(29)30-32-25-23/h14-16,18-19,25,32H,6-10,12-13,23H2,1-5H3/t14-,15+,16+,18?,19+/m0/s1. The van der Waals surface area contributed by atoms with Crippen LogP contribution in [-0.2, 0) is 18.5 Å². The maximum Gasteiger partial charge on any atom is 0.358 e. The minimum Gasteiger partial charge on any atom is -0.428 e. The Morgan fingerprint density at radius 1 is 1.36 bits per heavy atom. The van der Waals surface area contributed by atoms with Crippen LogP contribution in [0.2, 0.25) is 18.1 Å². The first kappa shape index (κ1) is 26.4. The van der Waals surface area contributed by atoms with Crippen molar-refractivity contribution in [3.05, 3.63) is 11.3 Å². The molecule has 0 saturated carbocycles. The monoisotopic (exact) mass is 492 g/mol. The van der Waals surface area contributed by atoms with Crippen LogP contribution in [0.25, 0.3) is 0 Å². The second-order valence-corrected chi connectivity index (χ2v) is 15.2. The average molecular weight is 492 g/mol. The predicted molar refractivity (Wildman–Crippen MR) is 134 cm³/mol. The normalized spacial score (nSPS) is 28.8. The van der Waals surface area contributed by atoms with Crippen molar-refractivity contribution < 1.29 is 18.5 Å². The molecule has 0 aromatic carbocycles. The Morgan fingerprint density at radius 3 is 2.58 bits per heavy atom. The smallest absolute Gasteiger partial charge is 0.358 e. The van der Waals surface area contributed by atoms with E-state index in [0.29, 0.717) is 18.8 Å². The van der Waals surface area contributed by atoms with E-state index >= 15 is 0 Å². The molecule has 0 spiro atoms. The van der Waals surface area contributed by atoms with E-state index < -0.39 is 14.3 Å². The molecule has 11 heteroatoms. The fraction of sp³-hybridized carbons (Fsp3) is 0.773. The molecule has 3 aliphatic heterocycles. The van der Waals surface area contributed by atoms with E-state index in [0.717, 1.165) is 36.7 Å². The second-order valence-electron chi connectivity index (χ2n) is 9.55. The van der Waals surface area contributed by atoms with Crippen molar-refractivity contribution in [3.63, 3.8) is 0 Å². The van der Waals surface area contributed by atoms with E-state index in [9.17, 15) is 14.9 Å². The van der Waals surface area contributed by atoms with Crippen LogP contribution >= 0.6 is 8.96 Å². The van der Waals surface area contributed by atoms with Gasteiger partial charge in [0.2, 0.25) is 5.91 Å². The summed E-state index contributed by atoms with van der Waals surface area (Å²) < 4.78 is 12.1. The first-order chi connectivity index (χ1) is 15.8. The number of fused-ring (bicyclic) bond motifs is 1. The molecule has 33 heavy (non-hydrogen) atoms. The molecule has 0 radical (unpaired) electrons. The molecule has 3 rings (SSSR count). The van der Waals surface area contributed by atoms with Crippen LogP contribution in [0, 0.1) is 29.1 Å². The third kappa shape index (κ3) is 4.94. The quantitative estimate of drug-likeness (QED) is 0.268. The van der Waals surface area contributed by atoms with E-state index in [2.05, 4.69) is 43.7 Å². The predicted octanol–water partition coefficient (Wildman–Crippen LogP) is 2.16. The number of nitrogens with one attached hydrogen (secondary N) is 1. The Kier molecular flexibility index (Phi) is 8.79. The molecule has 0 aromatic heterocycles. The maximum atomic E-state index is 13.4. The summed E-state index contributed by atoms with van der Waals surface area (Å²) in [4.78, 5) is 33.2. The fourth-order valence-electron chi connectivity index (χ4n) is 5.77. The number of likely N-dealkylation sites (tertiary alicyclic amines) is 1. The molecule has 6 atom stereocenters. The third-order valence-electron chi connectivity index (χ3n) is 7.96. The van der Waals surface area contributed by atoms with Crippen LogP contribution in [0.4, 0.5) is 0 Å². The lowest BCUT2D eigenvalue weighted by Gasteiger charge is -2.49. The molecule has 8 nitrogen and oxygen atoms in total. The zero-order valence-corrected chi connectivity index (χ0v) is 22.8. The number of hydrogen-bond donors (Lipinski definition) is 1. The van der Waals surface area contributed by atoms with Gasteiger partial charge in [-0.05, 0) is 43.6 Å². The lowest BCUT2D eigenvalue weighted by atomic mass is 9.77. The molecule has 182 valence electrons. The zero-order valence-electron chi connectivity index (χ0n) is 20.8. The van der Waals surface area contributed by atoms with Gasteiger partial charge in [-0.1, -0.05) is 27.7 Å². The first-order valence-corrected chi connectivity index (χ1v) is 15.7. The van der Waals surface area contributed by atoms with Gasteiger partial charge >= 0.3 is 5.97 Å². The lowest BCUT2D eigenvalue weighted by molar-refractivity contribution is -0.161. The molecule has 1 N–H and O–H groups in total. The topological polar surface area (TPSA) is 94.9 Å². The van der Waals surface area contributed by atoms with Crippen molar-refractivity contribution in [1.29, 1.82) is 5.26 Å². The highest BCUT2D eigenvalue weighted by atomic mass is 31.1. The minimum atomic E-state index is -1.86. The summed E-state index contributed by atoms with van der Waals surface area (Å²) in [5.41, 5.74) is 1.37. The number of nitrogens with zero attached hydrogens (tertiary/aromatic N) is 3. The van der Waals surface area contributed by atoms with Crippen molar-refractivity contribution in [2.45, 2.75) is 71.3 Å². The minimum absolute atomic E-state index is 0.0264. The van der Waals surface area contributed by atoms with Crippen LogP contribution in [0.15, 0.2) is 11.3 Å². The van der Waals surface area contributed by atoms with Crippen LogP contribution < -0.4 is 5.00 Å². The van der Waals surface area contributed by atoms with Crippen LogP contribution in [-0.4, -0.2) is 69.8 Å². The van der Waals surface area contributed by atoms with Gasteiger partial charge in [-0.15, -0.1) is 0 Å². The molecule has 3 heterocycles. The van der Waals surface area contributed by atoms with Crippen LogP contribution in [0.5, 0.6) is 0 Å². The van der Waals surface area contributed by atoms with Gasteiger partial charge in [0.05, 0.1) is 30.1 Å². The van der Waals surface area contributed by atoms with Gasteiger partial charge in [0.25, 0.3) is 0 Å². The molecule has 2 unspecified atom stereocenters. The van der Waals surface area contributed by atoms with Crippen LogP contribution in [0.1, 0.15) is 41.0 Å². The van der Waals surface area contributed by atoms with Crippen LogP contribution in [0.3, 0.4) is 0 Å². The molecule has 0 aromatic rings. The number of carbonyl (C=O) groups is 2. The molecular weight excluding hydrogens is 454 g/mol. The Morgan fingerprint density at radius 2 is 2.03 bits per heavy atom. The Bertz CT molecular complexity index is 825. The number of carbonyl (C=O) groups excluding carboxylic acids is 2. The summed E-state index contributed by atoms with van der Waals surface area (Å²) in [5, 5.41) is 9.28. The molecule has 3 aliphatic rings. The highest BCUT2D eigenvalue weighted by Gasteiger charge is 2.61.